The Labute approximate surface area is 75.3 Å². The first-order valence-corrected chi connectivity index (χ1v) is 8.63. The van der Waals surface area contributed by atoms with Crippen molar-refractivity contribution in [3.05, 3.63) is 35.4 Å². The van der Waals surface area contributed by atoms with E-state index < -0.39 is 13.8 Å². The first kappa shape index (κ1) is 9.63. The average molecular weight is 228 g/mol. The van der Waals surface area contributed by atoms with E-state index in [0.717, 1.165) is 5.56 Å². The van der Waals surface area contributed by atoms with Crippen molar-refractivity contribution < 1.29 is 7.84 Å². The summed E-state index contributed by atoms with van der Waals surface area (Å²) in [4.78, 5) is 0. The maximum atomic E-state index is 11.1. The summed E-state index contributed by atoms with van der Waals surface area (Å²) in [5.74, 6) is 0. The molecule has 3 heteroatoms. The predicted octanol–water partition coefficient (Wildman–Crippen LogP) is 1.57. The maximum absolute atomic E-state index is 11.1. The fourth-order valence-corrected chi connectivity index (χ4v) is 2.90. The van der Waals surface area contributed by atoms with Crippen molar-refractivity contribution in [2.75, 3.05) is 0 Å². The summed E-state index contributed by atoms with van der Waals surface area (Å²) in [6, 6.07) is 7.73. The second kappa shape index (κ2) is 3.51. The summed E-state index contributed by atoms with van der Waals surface area (Å²) < 4.78 is 20.2. The van der Waals surface area contributed by atoms with Crippen LogP contribution in [0.2, 0.25) is 5.71 Å². The molecular formula is C9H13AsO2. The Balaban J connectivity index is 2.78. The van der Waals surface area contributed by atoms with E-state index in [9.17, 15) is 3.74 Å². The van der Waals surface area contributed by atoms with E-state index in [1.54, 1.807) is 0 Å². The molecule has 1 N–H and O–H groups in total. The van der Waals surface area contributed by atoms with Crippen molar-refractivity contribution in [1.82, 2.24) is 0 Å². The van der Waals surface area contributed by atoms with Gasteiger partial charge in [-0.3, -0.25) is 0 Å². The molecule has 0 saturated carbocycles. The van der Waals surface area contributed by atoms with Crippen LogP contribution in [0, 0.1) is 6.92 Å². The van der Waals surface area contributed by atoms with Crippen LogP contribution in [0.25, 0.3) is 0 Å². The van der Waals surface area contributed by atoms with Crippen molar-refractivity contribution in [1.29, 1.82) is 0 Å². The number of hydrogen-bond acceptors (Lipinski definition) is 1. The number of hydrogen-bond donors (Lipinski definition) is 1. The number of aryl methyl sites for hydroxylation is 1. The second-order valence-electron chi connectivity index (χ2n) is 3.19. The van der Waals surface area contributed by atoms with Gasteiger partial charge in [-0.05, 0) is 0 Å². The molecule has 1 aromatic carbocycles. The molecule has 0 fully saturated rings. The van der Waals surface area contributed by atoms with Gasteiger partial charge in [0.2, 0.25) is 0 Å². The SMILES string of the molecule is Cc1ccc(C[As](C)(=O)O)cc1. The van der Waals surface area contributed by atoms with Crippen LogP contribution in [0.3, 0.4) is 0 Å². The molecule has 0 heterocycles. The van der Waals surface area contributed by atoms with Crippen LogP contribution >= 0.6 is 0 Å². The first-order chi connectivity index (χ1) is 5.47. The van der Waals surface area contributed by atoms with E-state index >= 15 is 0 Å². The van der Waals surface area contributed by atoms with Gasteiger partial charge in [-0.2, -0.15) is 0 Å². The Morgan fingerprint density at radius 3 is 2.25 bits per heavy atom. The third-order valence-electron chi connectivity index (χ3n) is 1.60. The summed E-state index contributed by atoms with van der Waals surface area (Å²) in [5.41, 5.74) is 3.57. The molecule has 0 aliphatic heterocycles. The summed E-state index contributed by atoms with van der Waals surface area (Å²) in [6.07, 6.45) is 0. The molecule has 0 saturated heterocycles. The molecule has 0 amide bonds. The van der Waals surface area contributed by atoms with Crippen LogP contribution < -0.4 is 0 Å². The summed E-state index contributed by atoms with van der Waals surface area (Å²) in [7, 11) is 0. The van der Waals surface area contributed by atoms with Gasteiger partial charge in [-0.15, -0.1) is 0 Å². The molecule has 0 bridgehead atoms. The predicted molar refractivity (Wildman–Crippen MR) is 49.4 cm³/mol. The fourth-order valence-electron chi connectivity index (χ4n) is 1.03. The van der Waals surface area contributed by atoms with Gasteiger partial charge in [0.25, 0.3) is 0 Å². The fraction of sp³-hybridized carbons (Fsp3) is 0.333. The van der Waals surface area contributed by atoms with Gasteiger partial charge >= 0.3 is 74.9 Å². The Kier molecular flexibility index (Phi) is 2.81. The Hall–Kier alpha value is -0.462. The summed E-state index contributed by atoms with van der Waals surface area (Å²) in [5, 5.41) is 0.332. The van der Waals surface area contributed by atoms with Crippen LogP contribution in [0.4, 0.5) is 0 Å². The Bertz CT molecular complexity index is 297. The molecule has 1 atom stereocenters. The number of rotatable bonds is 2. The Morgan fingerprint density at radius 2 is 1.83 bits per heavy atom. The summed E-state index contributed by atoms with van der Waals surface area (Å²) >= 11 is -3.48. The van der Waals surface area contributed by atoms with Gasteiger partial charge < -0.3 is 0 Å². The van der Waals surface area contributed by atoms with Crippen molar-refractivity contribution >= 4 is 13.8 Å². The zero-order valence-corrected chi connectivity index (χ0v) is 9.20. The van der Waals surface area contributed by atoms with Gasteiger partial charge in [0, 0.05) is 0 Å². The van der Waals surface area contributed by atoms with Gasteiger partial charge in [0.1, 0.15) is 0 Å². The third kappa shape index (κ3) is 3.29. The standard InChI is InChI=1S/C9H13AsO2/c1-8-3-5-9(6-4-8)7-10(2,11)12/h3-6H,7H2,1-2H3,(H,11,12). The molecule has 1 rings (SSSR count). The topological polar surface area (TPSA) is 37.3 Å². The van der Waals surface area contributed by atoms with Gasteiger partial charge in [-0.25, -0.2) is 0 Å². The quantitative estimate of drug-likeness (QED) is 0.780. The molecule has 1 aromatic rings. The molecule has 0 aromatic heterocycles. The monoisotopic (exact) mass is 228 g/mol. The van der Waals surface area contributed by atoms with E-state index in [4.69, 9.17) is 4.10 Å². The van der Waals surface area contributed by atoms with E-state index in [-0.39, 0.29) is 0 Å². The van der Waals surface area contributed by atoms with Crippen molar-refractivity contribution in [3.63, 3.8) is 0 Å². The van der Waals surface area contributed by atoms with Crippen LogP contribution in [0.15, 0.2) is 24.3 Å². The van der Waals surface area contributed by atoms with Gasteiger partial charge in [0.15, 0.2) is 0 Å². The van der Waals surface area contributed by atoms with Crippen LogP contribution in [0.1, 0.15) is 11.1 Å². The first-order valence-electron chi connectivity index (χ1n) is 3.82. The molecule has 0 spiro atoms. The number of benzene rings is 1. The molecular weight excluding hydrogens is 215 g/mol. The van der Waals surface area contributed by atoms with Crippen molar-refractivity contribution in [3.8, 4) is 0 Å². The minimum atomic E-state index is -3.48. The van der Waals surface area contributed by atoms with Gasteiger partial charge in [-0.1, -0.05) is 0 Å². The van der Waals surface area contributed by atoms with Crippen LogP contribution in [-0.2, 0) is 8.95 Å². The molecule has 66 valence electrons. The zero-order chi connectivity index (χ0) is 9.19. The van der Waals surface area contributed by atoms with E-state index in [0.29, 0.717) is 5.21 Å². The van der Waals surface area contributed by atoms with Crippen molar-refractivity contribution in [2.24, 2.45) is 0 Å². The van der Waals surface area contributed by atoms with E-state index in [1.807, 2.05) is 31.2 Å². The molecule has 2 nitrogen and oxygen atoms in total. The molecule has 12 heavy (non-hydrogen) atoms. The zero-order valence-electron chi connectivity index (χ0n) is 7.32. The molecule has 0 aliphatic rings. The summed E-state index contributed by atoms with van der Waals surface area (Å²) in [6.45, 7) is 2.00. The second-order valence-corrected chi connectivity index (χ2v) is 8.27. The third-order valence-corrected chi connectivity index (χ3v) is 3.59. The van der Waals surface area contributed by atoms with E-state index in [1.165, 1.54) is 11.3 Å². The molecule has 0 aliphatic carbocycles. The normalized spacial score (nSPS) is 15.6. The Morgan fingerprint density at radius 1 is 1.33 bits per heavy atom. The van der Waals surface area contributed by atoms with E-state index in [2.05, 4.69) is 0 Å². The van der Waals surface area contributed by atoms with Crippen molar-refractivity contribution in [2.45, 2.75) is 17.8 Å². The van der Waals surface area contributed by atoms with Crippen LogP contribution in [-0.4, -0.2) is 17.9 Å². The minimum absolute atomic E-state index is 0.332. The average Bonchev–Trinajstić information content (AvgIpc) is 1.91. The molecule has 0 radical (unpaired) electrons. The van der Waals surface area contributed by atoms with Gasteiger partial charge in [0.05, 0.1) is 0 Å². The van der Waals surface area contributed by atoms with Crippen LogP contribution in [0.5, 0.6) is 0 Å². The molecule has 1 unspecified atom stereocenters.